The van der Waals surface area contributed by atoms with E-state index in [1.54, 1.807) is 4.90 Å². The van der Waals surface area contributed by atoms with Crippen LogP contribution in [0.3, 0.4) is 0 Å². The predicted octanol–water partition coefficient (Wildman–Crippen LogP) is 1.95. The molecular weight excluding hydrogens is 334 g/mol. The van der Waals surface area contributed by atoms with Gasteiger partial charge in [-0.2, -0.15) is 4.98 Å². The van der Waals surface area contributed by atoms with Gasteiger partial charge >= 0.3 is 5.97 Å². The number of para-hydroxylation sites is 1. The number of amides is 1. The van der Waals surface area contributed by atoms with Crippen LogP contribution in [0.4, 0.5) is 5.69 Å². The molecule has 3 aromatic rings. The molecule has 134 valence electrons. The predicted molar refractivity (Wildman–Crippen MR) is 95.0 cm³/mol. The van der Waals surface area contributed by atoms with Gasteiger partial charge in [0.15, 0.2) is 6.61 Å². The Bertz CT molecular complexity index is 952. The number of likely N-dealkylation sites (N-methyl/N-ethyl adjacent to an activating group) is 1. The third kappa shape index (κ3) is 3.53. The number of carbonyl (C=O) groups excluding carboxylic acids is 2. The van der Waals surface area contributed by atoms with Crippen LogP contribution >= 0.6 is 0 Å². The second-order valence-corrected chi connectivity index (χ2v) is 5.74. The number of rotatable bonds is 5. The second-order valence-electron chi connectivity index (χ2n) is 5.74. The molecule has 26 heavy (non-hydrogen) atoms. The quantitative estimate of drug-likeness (QED) is 0.651. The number of aryl methyl sites for hydroxylation is 2. The summed E-state index contributed by atoms with van der Waals surface area (Å²) in [4.78, 5) is 34.4. The number of esters is 1. The van der Waals surface area contributed by atoms with Gasteiger partial charge in [0.05, 0.1) is 0 Å². The van der Waals surface area contributed by atoms with Crippen LogP contribution in [0, 0.1) is 13.8 Å². The van der Waals surface area contributed by atoms with E-state index in [-0.39, 0.29) is 18.3 Å². The summed E-state index contributed by atoms with van der Waals surface area (Å²) in [5, 5.41) is 4.10. The Morgan fingerprint density at radius 2 is 1.88 bits per heavy atom. The first-order chi connectivity index (χ1) is 12.5. The van der Waals surface area contributed by atoms with E-state index >= 15 is 0 Å². The van der Waals surface area contributed by atoms with Gasteiger partial charge in [-0.25, -0.2) is 14.3 Å². The summed E-state index contributed by atoms with van der Waals surface area (Å²) in [5.41, 5.74) is 2.33. The fourth-order valence-electron chi connectivity index (χ4n) is 2.63. The molecule has 0 N–H and O–H groups in total. The number of carbonyl (C=O) groups is 2. The molecule has 1 amide bonds. The first kappa shape index (κ1) is 17.5. The van der Waals surface area contributed by atoms with E-state index in [0.29, 0.717) is 12.3 Å². The number of ether oxygens (including phenoxy) is 1. The lowest BCUT2D eigenvalue weighted by Crippen LogP contribution is -2.34. The van der Waals surface area contributed by atoms with Gasteiger partial charge in [0.2, 0.25) is 0 Å². The standard InChI is InChI=1S/C18H19N5O3/c1-4-22(14-8-6-5-7-9-14)15(24)11-26-17(25)16-20-18-19-12(2)10-13(3)23(18)21-16/h5-10H,4,11H2,1-3H3. The monoisotopic (exact) mass is 353 g/mol. The van der Waals surface area contributed by atoms with Crippen molar-refractivity contribution in [1.82, 2.24) is 19.6 Å². The van der Waals surface area contributed by atoms with E-state index in [1.165, 1.54) is 4.52 Å². The van der Waals surface area contributed by atoms with Crippen LogP contribution in [0.5, 0.6) is 0 Å². The van der Waals surface area contributed by atoms with Crippen molar-refractivity contribution in [2.24, 2.45) is 0 Å². The van der Waals surface area contributed by atoms with Gasteiger partial charge in [-0.15, -0.1) is 5.10 Å². The molecule has 0 fully saturated rings. The summed E-state index contributed by atoms with van der Waals surface area (Å²) in [7, 11) is 0. The number of nitrogens with zero attached hydrogens (tertiary/aromatic N) is 5. The number of fused-ring (bicyclic) bond motifs is 1. The number of hydrogen-bond donors (Lipinski definition) is 0. The molecule has 8 nitrogen and oxygen atoms in total. The molecule has 0 atom stereocenters. The van der Waals surface area contributed by atoms with E-state index < -0.39 is 5.97 Å². The molecule has 2 aromatic heterocycles. The molecule has 0 saturated carbocycles. The Kier molecular flexibility index (Phi) is 4.92. The van der Waals surface area contributed by atoms with Crippen molar-refractivity contribution in [3.63, 3.8) is 0 Å². The Morgan fingerprint density at radius 1 is 1.15 bits per heavy atom. The molecule has 0 radical (unpaired) electrons. The Morgan fingerprint density at radius 3 is 2.58 bits per heavy atom. The lowest BCUT2D eigenvalue weighted by atomic mass is 10.3. The zero-order valence-corrected chi connectivity index (χ0v) is 14.8. The highest BCUT2D eigenvalue weighted by molar-refractivity contribution is 5.96. The maximum Gasteiger partial charge on any atom is 0.378 e. The molecule has 0 bridgehead atoms. The summed E-state index contributed by atoms with van der Waals surface area (Å²) in [6.45, 7) is 5.61. The van der Waals surface area contributed by atoms with Crippen molar-refractivity contribution in [2.75, 3.05) is 18.1 Å². The normalized spacial score (nSPS) is 10.7. The van der Waals surface area contributed by atoms with Gasteiger partial charge < -0.3 is 9.64 Å². The van der Waals surface area contributed by atoms with E-state index in [1.807, 2.05) is 57.2 Å². The van der Waals surface area contributed by atoms with Gasteiger partial charge in [-0.3, -0.25) is 4.79 Å². The highest BCUT2D eigenvalue weighted by Crippen LogP contribution is 2.13. The molecule has 0 saturated heterocycles. The van der Waals surface area contributed by atoms with Gasteiger partial charge in [0.1, 0.15) is 0 Å². The van der Waals surface area contributed by atoms with Crippen LogP contribution in [0.25, 0.3) is 5.78 Å². The summed E-state index contributed by atoms with van der Waals surface area (Å²) in [6, 6.07) is 11.0. The molecule has 3 rings (SSSR count). The summed E-state index contributed by atoms with van der Waals surface area (Å²) < 4.78 is 6.56. The number of hydrogen-bond acceptors (Lipinski definition) is 6. The van der Waals surface area contributed by atoms with Crippen LogP contribution in [0.2, 0.25) is 0 Å². The zero-order valence-electron chi connectivity index (χ0n) is 14.8. The highest BCUT2D eigenvalue weighted by Gasteiger charge is 2.20. The maximum atomic E-state index is 12.4. The van der Waals surface area contributed by atoms with Crippen molar-refractivity contribution < 1.29 is 14.3 Å². The summed E-state index contributed by atoms with van der Waals surface area (Å²) in [6.07, 6.45) is 0. The minimum absolute atomic E-state index is 0.123. The van der Waals surface area contributed by atoms with Crippen molar-refractivity contribution in [1.29, 1.82) is 0 Å². The summed E-state index contributed by atoms with van der Waals surface area (Å²) in [5.74, 6) is -0.881. The number of anilines is 1. The Hall–Kier alpha value is -3.29. The third-order valence-electron chi connectivity index (χ3n) is 3.81. The molecule has 0 aliphatic rings. The van der Waals surface area contributed by atoms with Crippen molar-refractivity contribution in [2.45, 2.75) is 20.8 Å². The molecule has 0 unspecified atom stereocenters. The van der Waals surface area contributed by atoms with E-state index in [9.17, 15) is 9.59 Å². The molecule has 8 heteroatoms. The third-order valence-corrected chi connectivity index (χ3v) is 3.81. The molecular formula is C18H19N5O3. The van der Waals surface area contributed by atoms with Gasteiger partial charge in [-0.05, 0) is 39.0 Å². The minimum Gasteiger partial charge on any atom is -0.450 e. The summed E-state index contributed by atoms with van der Waals surface area (Å²) >= 11 is 0. The topological polar surface area (TPSA) is 89.7 Å². The minimum atomic E-state index is -0.759. The maximum absolute atomic E-state index is 12.4. The Labute approximate surface area is 150 Å². The first-order valence-electron chi connectivity index (χ1n) is 8.23. The molecule has 0 aliphatic carbocycles. The Balaban J connectivity index is 1.70. The van der Waals surface area contributed by atoms with Crippen LogP contribution in [-0.4, -0.2) is 44.6 Å². The first-order valence-corrected chi connectivity index (χ1v) is 8.23. The molecule has 1 aromatic carbocycles. The molecule has 0 aliphatic heterocycles. The smallest absolute Gasteiger partial charge is 0.378 e. The second kappa shape index (κ2) is 7.30. The average Bonchev–Trinajstić information content (AvgIpc) is 3.05. The largest absolute Gasteiger partial charge is 0.450 e. The van der Waals surface area contributed by atoms with Crippen molar-refractivity contribution in [3.05, 3.63) is 53.6 Å². The molecule has 2 heterocycles. The number of aromatic nitrogens is 4. The van der Waals surface area contributed by atoms with Gasteiger partial charge in [-0.1, -0.05) is 18.2 Å². The van der Waals surface area contributed by atoms with Crippen LogP contribution in [-0.2, 0) is 9.53 Å². The van der Waals surface area contributed by atoms with Crippen molar-refractivity contribution in [3.8, 4) is 0 Å². The van der Waals surface area contributed by atoms with Crippen molar-refractivity contribution >= 4 is 23.3 Å². The zero-order chi connectivity index (χ0) is 18.7. The van der Waals surface area contributed by atoms with E-state index in [0.717, 1.165) is 17.1 Å². The van der Waals surface area contributed by atoms with Crippen LogP contribution < -0.4 is 4.90 Å². The lowest BCUT2D eigenvalue weighted by Gasteiger charge is -2.20. The average molecular weight is 353 g/mol. The highest BCUT2D eigenvalue weighted by atomic mass is 16.5. The van der Waals surface area contributed by atoms with E-state index in [4.69, 9.17) is 4.74 Å². The SMILES string of the molecule is CCN(C(=O)COC(=O)c1nc2nc(C)cc(C)n2n1)c1ccccc1. The van der Waals surface area contributed by atoms with Crippen LogP contribution in [0.15, 0.2) is 36.4 Å². The van der Waals surface area contributed by atoms with Gasteiger partial charge in [0, 0.05) is 23.6 Å². The van der Waals surface area contributed by atoms with E-state index in [2.05, 4.69) is 15.1 Å². The molecule has 0 spiro atoms. The number of benzene rings is 1. The fraction of sp³-hybridized carbons (Fsp3) is 0.278. The van der Waals surface area contributed by atoms with Gasteiger partial charge in [0.25, 0.3) is 17.5 Å². The van der Waals surface area contributed by atoms with Crippen LogP contribution in [0.1, 0.15) is 28.9 Å². The lowest BCUT2D eigenvalue weighted by molar-refractivity contribution is -0.121. The fourth-order valence-corrected chi connectivity index (χ4v) is 2.63.